The molecule has 8 nitrogen and oxygen atoms in total. The maximum Gasteiger partial charge on any atom is 0.278 e. The molecule has 5 heterocycles. The normalized spacial score (nSPS) is 21.2. The molecule has 0 unspecified atom stereocenters. The van der Waals surface area contributed by atoms with Crippen LogP contribution in [0, 0.1) is 11.6 Å². The summed E-state index contributed by atoms with van der Waals surface area (Å²) in [6, 6.07) is 9.85. The highest BCUT2D eigenvalue weighted by molar-refractivity contribution is 7.98. The molecule has 37 heavy (non-hydrogen) atoms. The van der Waals surface area contributed by atoms with Gasteiger partial charge in [0, 0.05) is 27.8 Å². The molecule has 7 rings (SSSR count). The highest BCUT2D eigenvalue weighted by Crippen LogP contribution is 2.41. The van der Waals surface area contributed by atoms with Gasteiger partial charge in [0.05, 0.1) is 32.1 Å². The Kier molecular flexibility index (Phi) is 4.95. The van der Waals surface area contributed by atoms with Crippen LogP contribution in [0.2, 0.25) is 0 Å². The van der Waals surface area contributed by atoms with Crippen LogP contribution in [0.3, 0.4) is 0 Å². The molecular weight excluding hydrogens is 504 g/mol. The Hall–Kier alpha value is -3.41. The molecule has 0 saturated carbocycles. The fourth-order valence-corrected chi connectivity index (χ4v) is 6.58. The summed E-state index contributed by atoms with van der Waals surface area (Å²) in [5.41, 5.74) is 3.64. The predicted octanol–water partition coefficient (Wildman–Crippen LogP) is 2.82. The van der Waals surface area contributed by atoms with Crippen molar-refractivity contribution in [3.63, 3.8) is 0 Å². The quantitative estimate of drug-likeness (QED) is 0.505. The van der Waals surface area contributed by atoms with Gasteiger partial charge in [-0.3, -0.25) is 9.59 Å². The van der Waals surface area contributed by atoms with Gasteiger partial charge in [-0.25, -0.2) is 13.5 Å². The van der Waals surface area contributed by atoms with Crippen LogP contribution < -0.4 is 10.9 Å². The molecule has 190 valence electrons. The van der Waals surface area contributed by atoms with Gasteiger partial charge in [0.25, 0.3) is 5.91 Å². The molecule has 4 aliphatic heterocycles. The Morgan fingerprint density at radius 1 is 1.14 bits per heavy atom. The largest absolute Gasteiger partial charge is 0.502 e. The van der Waals surface area contributed by atoms with Gasteiger partial charge in [-0.1, -0.05) is 18.2 Å². The van der Waals surface area contributed by atoms with E-state index < -0.39 is 40.5 Å². The summed E-state index contributed by atoms with van der Waals surface area (Å²) in [7, 11) is 0. The zero-order valence-corrected chi connectivity index (χ0v) is 20.2. The van der Waals surface area contributed by atoms with E-state index >= 15 is 4.39 Å². The van der Waals surface area contributed by atoms with Crippen molar-refractivity contribution >= 4 is 17.7 Å². The molecule has 4 aliphatic rings. The average Bonchev–Trinajstić information content (AvgIpc) is 3.07. The second-order valence-corrected chi connectivity index (χ2v) is 10.8. The minimum atomic E-state index is -1.05. The molecule has 1 aromatic heterocycles. The second kappa shape index (κ2) is 8.04. The molecule has 0 aliphatic carbocycles. The number of halogens is 2. The predicted molar refractivity (Wildman–Crippen MR) is 130 cm³/mol. The number of nitrogens with one attached hydrogen (secondary N) is 1. The van der Waals surface area contributed by atoms with Crippen molar-refractivity contribution in [1.82, 2.24) is 9.58 Å². The fourth-order valence-electron chi connectivity index (χ4n) is 5.48. The molecule has 3 aromatic rings. The lowest BCUT2D eigenvalue weighted by atomic mass is 9.92. The minimum Gasteiger partial charge on any atom is -0.502 e. The van der Waals surface area contributed by atoms with Gasteiger partial charge < -0.3 is 24.9 Å². The number of thioether (sulfide) groups is 1. The molecule has 1 amide bonds. The number of hydrogen-bond acceptors (Lipinski definition) is 7. The number of benzene rings is 2. The summed E-state index contributed by atoms with van der Waals surface area (Å²) in [5, 5.41) is 10.7. The van der Waals surface area contributed by atoms with E-state index in [-0.39, 0.29) is 41.4 Å². The molecule has 2 N–H and O–H groups in total. The number of pyridine rings is 1. The summed E-state index contributed by atoms with van der Waals surface area (Å²) in [6.45, 7) is 1.09. The third kappa shape index (κ3) is 3.34. The summed E-state index contributed by atoms with van der Waals surface area (Å²) >= 11 is 1.42. The van der Waals surface area contributed by atoms with Crippen LogP contribution in [-0.4, -0.2) is 58.7 Å². The maximum absolute atomic E-state index is 15.1. The van der Waals surface area contributed by atoms with Gasteiger partial charge in [-0.05, 0) is 29.7 Å². The molecule has 2 aromatic carbocycles. The van der Waals surface area contributed by atoms with E-state index in [1.54, 1.807) is 0 Å². The summed E-state index contributed by atoms with van der Waals surface area (Å²) in [6.07, 6.45) is -0.281. The Bertz CT molecular complexity index is 1550. The first-order valence-corrected chi connectivity index (χ1v) is 12.8. The van der Waals surface area contributed by atoms with E-state index in [0.29, 0.717) is 25.2 Å². The number of carbonyl (C=O) groups excluding carboxylic acids is 1. The number of carbonyl (C=O) groups is 1. The first-order valence-electron chi connectivity index (χ1n) is 11.8. The van der Waals surface area contributed by atoms with Crippen LogP contribution >= 0.6 is 11.8 Å². The first kappa shape index (κ1) is 22.8. The zero-order chi connectivity index (χ0) is 25.5. The number of nitrogens with zero attached hydrogens (tertiary/aromatic N) is 2. The van der Waals surface area contributed by atoms with Crippen LogP contribution in [0.15, 0.2) is 46.1 Å². The van der Waals surface area contributed by atoms with Crippen molar-refractivity contribution in [2.45, 2.75) is 28.8 Å². The van der Waals surface area contributed by atoms with Gasteiger partial charge in [0.1, 0.15) is 11.8 Å². The van der Waals surface area contributed by atoms with Gasteiger partial charge >= 0.3 is 0 Å². The number of morpholine rings is 1. The number of rotatable bonds is 1. The van der Waals surface area contributed by atoms with E-state index in [2.05, 4.69) is 5.43 Å². The van der Waals surface area contributed by atoms with Gasteiger partial charge in [0.2, 0.25) is 5.43 Å². The van der Waals surface area contributed by atoms with E-state index in [4.69, 9.17) is 9.47 Å². The number of ether oxygens (including phenoxy) is 2. The molecule has 0 bridgehead atoms. The first-order chi connectivity index (χ1) is 17.8. The lowest BCUT2D eigenvalue weighted by Crippen LogP contribution is -2.70. The van der Waals surface area contributed by atoms with Crippen LogP contribution in [0.25, 0.3) is 11.3 Å². The third-order valence-electron chi connectivity index (χ3n) is 7.47. The zero-order valence-electron chi connectivity index (χ0n) is 19.4. The number of fused-ring (bicyclic) bond motifs is 4. The Morgan fingerprint density at radius 3 is 2.73 bits per heavy atom. The smallest absolute Gasteiger partial charge is 0.278 e. The average molecular weight is 526 g/mol. The van der Waals surface area contributed by atoms with Gasteiger partial charge in [-0.2, -0.15) is 0 Å². The minimum absolute atomic E-state index is 0.154. The lowest BCUT2D eigenvalue weighted by molar-refractivity contribution is -0.241. The monoisotopic (exact) mass is 525 g/mol. The number of aromatic nitrogens is 1. The van der Waals surface area contributed by atoms with E-state index in [1.165, 1.54) is 21.3 Å². The molecule has 1 atom stereocenters. The van der Waals surface area contributed by atoms with E-state index in [1.807, 2.05) is 24.3 Å². The number of hydrogen-bond donors (Lipinski definition) is 2. The summed E-state index contributed by atoms with van der Waals surface area (Å²) < 4.78 is 42.6. The molecular formula is C26H21F2N3O5S. The Morgan fingerprint density at radius 2 is 1.95 bits per heavy atom. The SMILES string of the molecule is O=C1c2c(O)c(=O)cc(-c3cc(F)c(F)c4c3Cc3ccccc3SC4)n2N[C@@H]2COC3(COC3)CN12. The lowest BCUT2D eigenvalue weighted by Gasteiger charge is -2.52. The van der Waals surface area contributed by atoms with Crippen LogP contribution in [0.1, 0.15) is 27.2 Å². The van der Waals surface area contributed by atoms with Crippen molar-refractivity contribution in [3.05, 3.63) is 80.6 Å². The Balaban J connectivity index is 1.42. The number of aromatic hydroxyl groups is 1. The van der Waals surface area contributed by atoms with Gasteiger partial charge in [-0.15, -0.1) is 11.8 Å². The third-order valence-corrected chi connectivity index (χ3v) is 8.61. The summed E-state index contributed by atoms with van der Waals surface area (Å²) in [4.78, 5) is 29.0. The van der Waals surface area contributed by atoms with Crippen LogP contribution in [-0.2, 0) is 21.6 Å². The standard InChI is InChI=1S/C26H21F2N3O5S/c27-17-6-15(14-5-13-3-1-2-4-20(13)37-9-16(14)22(17)28)18-7-19(32)24(33)23-25(34)30-10-26(11-35-12-26)36-8-21(30)29-31(18)23/h1-4,6-7,21,29,33H,5,8-12H2/t21-/m0/s1. The highest BCUT2D eigenvalue weighted by Gasteiger charge is 2.50. The molecule has 2 saturated heterocycles. The van der Waals surface area contributed by atoms with Crippen LogP contribution in [0.5, 0.6) is 5.75 Å². The highest BCUT2D eigenvalue weighted by atomic mass is 32.2. The van der Waals surface area contributed by atoms with Crippen molar-refractivity contribution in [3.8, 4) is 17.0 Å². The van der Waals surface area contributed by atoms with Gasteiger partial charge in [0.15, 0.2) is 23.1 Å². The van der Waals surface area contributed by atoms with Crippen molar-refractivity contribution < 1.29 is 28.2 Å². The summed E-state index contributed by atoms with van der Waals surface area (Å²) in [5.74, 6) is -3.03. The fraction of sp³-hybridized carbons (Fsp3) is 0.308. The molecule has 1 spiro atoms. The van der Waals surface area contributed by atoms with E-state index in [0.717, 1.165) is 22.6 Å². The topological polar surface area (TPSA) is 93.0 Å². The molecule has 11 heteroatoms. The maximum atomic E-state index is 15.1. The Labute approximate surface area is 213 Å². The molecule has 0 radical (unpaired) electrons. The van der Waals surface area contributed by atoms with Crippen molar-refractivity contribution in [2.75, 3.05) is 31.8 Å². The van der Waals surface area contributed by atoms with Crippen LogP contribution in [0.4, 0.5) is 8.78 Å². The van der Waals surface area contributed by atoms with E-state index in [9.17, 15) is 19.1 Å². The van der Waals surface area contributed by atoms with Crippen molar-refractivity contribution in [1.29, 1.82) is 0 Å². The molecule has 2 fully saturated rings. The second-order valence-electron chi connectivity index (χ2n) is 9.74. The number of amides is 1. The van der Waals surface area contributed by atoms with Crippen molar-refractivity contribution in [2.24, 2.45) is 0 Å².